The Labute approximate surface area is 197 Å². The highest BCUT2D eigenvalue weighted by Crippen LogP contribution is 2.40. The van der Waals surface area contributed by atoms with Crippen molar-refractivity contribution in [3.05, 3.63) is 92.5 Å². The lowest BCUT2D eigenvalue weighted by molar-refractivity contribution is -0.385. The molecule has 0 heterocycles. The third-order valence-corrected chi connectivity index (χ3v) is 7.13. The predicted molar refractivity (Wildman–Crippen MR) is 128 cm³/mol. The van der Waals surface area contributed by atoms with Crippen LogP contribution in [0.5, 0.6) is 11.5 Å². The lowest BCUT2D eigenvalue weighted by Gasteiger charge is -2.27. The van der Waals surface area contributed by atoms with E-state index < -0.39 is 20.7 Å². The molecule has 0 spiro atoms. The van der Waals surface area contributed by atoms with Crippen molar-refractivity contribution >= 4 is 33.0 Å². The van der Waals surface area contributed by atoms with Gasteiger partial charge in [0, 0.05) is 23.8 Å². The normalized spacial score (nSPS) is 11.2. The average Bonchev–Trinajstić information content (AvgIpc) is 2.78. The van der Waals surface area contributed by atoms with E-state index in [0.717, 1.165) is 11.1 Å². The summed E-state index contributed by atoms with van der Waals surface area (Å²) in [6.07, 6.45) is 0. The fourth-order valence-corrected chi connectivity index (χ4v) is 5.20. The van der Waals surface area contributed by atoms with Crippen molar-refractivity contribution in [3.8, 4) is 11.5 Å². The second-order valence-electron chi connectivity index (χ2n) is 7.23. The van der Waals surface area contributed by atoms with Gasteiger partial charge in [0.15, 0.2) is 0 Å². The predicted octanol–water partition coefficient (Wildman–Crippen LogP) is 5.11. The molecule has 0 aromatic heterocycles. The molecular weight excluding hydrogens is 468 g/mol. The van der Waals surface area contributed by atoms with Crippen LogP contribution in [0.15, 0.2) is 60.7 Å². The zero-order chi connectivity index (χ0) is 24.2. The van der Waals surface area contributed by atoms with E-state index in [4.69, 9.17) is 21.1 Å². The van der Waals surface area contributed by atoms with Crippen LogP contribution in [0.3, 0.4) is 0 Å². The largest absolute Gasteiger partial charge is 0.495 e. The summed E-state index contributed by atoms with van der Waals surface area (Å²) in [4.78, 5) is 10.9. The first-order chi connectivity index (χ1) is 15.7. The summed E-state index contributed by atoms with van der Waals surface area (Å²) in [5.74, 6) is -0.0897. The minimum Gasteiger partial charge on any atom is -0.495 e. The van der Waals surface area contributed by atoms with E-state index in [9.17, 15) is 18.5 Å². The summed E-state index contributed by atoms with van der Waals surface area (Å²) in [6, 6.07) is 16.1. The maximum atomic E-state index is 13.7. The maximum absolute atomic E-state index is 13.7. The van der Waals surface area contributed by atoms with Gasteiger partial charge in [-0.25, -0.2) is 8.42 Å². The fourth-order valence-electron chi connectivity index (χ4n) is 3.40. The second-order valence-corrected chi connectivity index (χ2v) is 9.53. The van der Waals surface area contributed by atoms with Crippen LogP contribution in [-0.2, 0) is 22.3 Å². The Balaban J connectivity index is 2.18. The van der Waals surface area contributed by atoms with Crippen molar-refractivity contribution < 1.29 is 22.8 Å². The smallest absolute Gasteiger partial charge is 0.273 e. The second kappa shape index (κ2) is 10.1. The number of nitro groups is 1. The van der Waals surface area contributed by atoms with Crippen molar-refractivity contribution in [3.63, 3.8) is 0 Å². The lowest BCUT2D eigenvalue weighted by atomic mass is 10.1. The van der Waals surface area contributed by atoms with Crippen molar-refractivity contribution in [2.24, 2.45) is 0 Å². The molecule has 0 unspecified atom stereocenters. The Morgan fingerprint density at radius 1 is 0.970 bits per heavy atom. The lowest BCUT2D eigenvalue weighted by Crippen LogP contribution is -2.32. The van der Waals surface area contributed by atoms with Crippen LogP contribution in [0.4, 0.5) is 11.4 Å². The number of nitro benzene ring substituents is 1. The highest BCUT2D eigenvalue weighted by molar-refractivity contribution is 7.92. The molecule has 0 bridgehead atoms. The standard InChI is InChI=1S/C23H23ClN2O6S/c1-16-8-4-5-9-17(16)14-25(21-13-22(31-2)19(24)12-23(21)32-3)33(29,30)15-18-10-6-7-11-20(18)26(27)28/h4-13H,14-15H2,1-3H3. The van der Waals surface area contributed by atoms with Crippen molar-refractivity contribution in [1.29, 1.82) is 0 Å². The van der Waals surface area contributed by atoms with E-state index >= 15 is 0 Å². The molecule has 0 amide bonds. The first-order valence-corrected chi connectivity index (χ1v) is 11.9. The summed E-state index contributed by atoms with van der Waals surface area (Å²) in [6.45, 7) is 1.86. The van der Waals surface area contributed by atoms with E-state index in [1.54, 1.807) is 6.07 Å². The molecule has 0 aliphatic rings. The van der Waals surface area contributed by atoms with Gasteiger partial charge in [0.05, 0.1) is 36.4 Å². The highest BCUT2D eigenvalue weighted by atomic mass is 35.5. The van der Waals surface area contributed by atoms with Gasteiger partial charge in [0.25, 0.3) is 5.69 Å². The van der Waals surface area contributed by atoms with Gasteiger partial charge in [0.2, 0.25) is 10.0 Å². The molecule has 0 saturated heterocycles. The monoisotopic (exact) mass is 490 g/mol. The molecule has 10 heteroatoms. The highest BCUT2D eigenvalue weighted by Gasteiger charge is 2.30. The van der Waals surface area contributed by atoms with Gasteiger partial charge >= 0.3 is 0 Å². The summed E-state index contributed by atoms with van der Waals surface area (Å²) in [7, 11) is -1.29. The van der Waals surface area contributed by atoms with Crippen LogP contribution in [0, 0.1) is 17.0 Å². The number of rotatable bonds is 9. The van der Waals surface area contributed by atoms with E-state index in [1.807, 2.05) is 31.2 Å². The Kier molecular flexibility index (Phi) is 7.45. The van der Waals surface area contributed by atoms with Gasteiger partial charge in [-0.15, -0.1) is 0 Å². The summed E-state index contributed by atoms with van der Waals surface area (Å²) < 4.78 is 39.3. The topological polar surface area (TPSA) is 99.0 Å². The number of hydrogen-bond donors (Lipinski definition) is 0. The first kappa shape index (κ1) is 24.3. The number of benzene rings is 3. The van der Waals surface area contributed by atoms with E-state index in [2.05, 4.69) is 0 Å². The molecule has 0 radical (unpaired) electrons. The number of para-hydroxylation sites is 1. The van der Waals surface area contributed by atoms with Gasteiger partial charge in [0.1, 0.15) is 17.3 Å². The fraction of sp³-hybridized carbons (Fsp3) is 0.217. The number of ether oxygens (including phenoxy) is 2. The van der Waals surface area contributed by atoms with E-state index in [0.29, 0.717) is 0 Å². The number of halogens is 1. The van der Waals surface area contributed by atoms with Crippen LogP contribution in [-0.4, -0.2) is 27.6 Å². The van der Waals surface area contributed by atoms with Crippen LogP contribution in [0.1, 0.15) is 16.7 Å². The third kappa shape index (κ3) is 5.37. The van der Waals surface area contributed by atoms with Crippen LogP contribution in [0.2, 0.25) is 5.02 Å². The van der Waals surface area contributed by atoms with Crippen molar-refractivity contribution in [2.75, 3.05) is 18.5 Å². The molecule has 0 saturated carbocycles. The SMILES string of the molecule is COc1cc(N(Cc2ccccc2C)S(=O)(=O)Cc2ccccc2[N+](=O)[O-])c(OC)cc1Cl. The molecule has 174 valence electrons. The van der Waals surface area contributed by atoms with E-state index in [-0.39, 0.29) is 40.0 Å². The number of methoxy groups -OCH3 is 2. The number of nitrogens with zero attached hydrogens (tertiary/aromatic N) is 2. The molecule has 0 N–H and O–H groups in total. The molecule has 8 nitrogen and oxygen atoms in total. The average molecular weight is 491 g/mol. The zero-order valence-corrected chi connectivity index (χ0v) is 19.9. The van der Waals surface area contributed by atoms with Crippen LogP contribution < -0.4 is 13.8 Å². The maximum Gasteiger partial charge on any atom is 0.273 e. The number of anilines is 1. The number of hydrogen-bond acceptors (Lipinski definition) is 6. The molecular formula is C23H23ClN2O6S. The van der Waals surface area contributed by atoms with Gasteiger partial charge < -0.3 is 9.47 Å². The quantitative estimate of drug-likeness (QED) is 0.305. The minimum atomic E-state index is -4.12. The van der Waals surface area contributed by atoms with E-state index in [1.165, 1.54) is 48.9 Å². The van der Waals surface area contributed by atoms with Crippen molar-refractivity contribution in [2.45, 2.75) is 19.2 Å². The summed E-state index contributed by atoms with van der Waals surface area (Å²) in [5, 5.41) is 11.7. The summed E-state index contributed by atoms with van der Waals surface area (Å²) in [5.41, 5.74) is 1.68. The first-order valence-electron chi connectivity index (χ1n) is 9.86. The molecule has 0 aliphatic carbocycles. The molecule has 0 fully saturated rings. The van der Waals surface area contributed by atoms with Gasteiger partial charge in [-0.05, 0) is 18.1 Å². The molecule has 3 aromatic carbocycles. The van der Waals surface area contributed by atoms with Crippen molar-refractivity contribution in [1.82, 2.24) is 0 Å². The minimum absolute atomic E-state index is 0.0171. The third-order valence-electron chi connectivity index (χ3n) is 5.16. The molecule has 33 heavy (non-hydrogen) atoms. The number of aryl methyl sites for hydroxylation is 1. The van der Waals surface area contributed by atoms with Gasteiger partial charge in [-0.2, -0.15) is 0 Å². The molecule has 3 aromatic rings. The molecule has 0 aliphatic heterocycles. The van der Waals surface area contributed by atoms with Crippen LogP contribution in [0.25, 0.3) is 0 Å². The molecule has 3 rings (SSSR count). The summed E-state index contributed by atoms with van der Waals surface area (Å²) >= 11 is 6.22. The Morgan fingerprint density at radius 2 is 1.58 bits per heavy atom. The molecule has 0 atom stereocenters. The Morgan fingerprint density at radius 3 is 2.18 bits per heavy atom. The number of sulfonamides is 1. The van der Waals surface area contributed by atoms with Gasteiger partial charge in [-0.1, -0.05) is 54.1 Å². The Bertz CT molecular complexity index is 1280. The van der Waals surface area contributed by atoms with Crippen LogP contribution >= 0.6 is 11.6 Å². The Hall–Kier alpha value is -3.30. The zero-order valence-electron chi connectivity index (χ0n) is 18.3. The van der Waals surface area contributed by atoms with Gasteiger partial charge in [-0.3, -0.25) is 14.4 Å².